The SMILES string of the molecule is Cc1c(NC(CC(=O)O)C(C)(C)C)cccc1[N+](=O)[O-]. The predicted octanol–water partition coefficient (Wildman–Crippen LogP) is 3.20. The van der Waals surface area contributed by atoms with Crippen molar-refractivity contribution in [3.63, 3.8) is 0 Å². The third-order valence-corrected chi connectivity index (χ3v) is 3.26. The molecule has 0 spiro atoms. The van der Waals surface area contributed by atoms with Gasteiger partial charge in [0.15, 0.2) is 0 Å². The molecule has 0 aromatic heterocycles. The zero-order valence-electron chi connectivity index (χ0n) is 12.1. The summed E-state index contributed by atoms with van der Waals surface area (Å²) >= 11 is 0. The minimum Gasteiger partial charge on any atom is -0.481 e. The van der Waals surface area contributed by atoms with E-state index in [1.807, 2.05) is 20.8 Å². The molecule has 6 nitrogen and oxygen atoms in total. The van der Waals surface area contributed by atoms with Crippen LogP contribution in [0.25, 0.3) is 0 Å². The van der Waals surface area contributed by atoms with E-state index in [1.54, 1.807) is 19.1 Å². The van der Waals surface area contributed by atoms with Gasteiger partial charge in [0.05, 0.1) is 11.3 Å². The number of aliphatic carboxylic acids is 1. The lowest BCUT2D eigenvalue weighted by atomic mass is 9.84. The van der Waals surface area contributed by atoms with E-state index in [4.69, 9.17) is 5.11 Å². The molecule has 1 atom stereocenters. The molecule has 110 valence electrons. The molecule has 0 fully saturated rings. The van der Waals surface area contributed by atoms with Crippen molar-refractivity contribution in [2.24, 2.45) is 5.41 Å². The molecule has 0 saturated carbocycles. The van der Waals surface area contributed by atoms with Gasteiger partial charge in [-0.15, -0.1) is 0 Å². The maximum atomic E-state index is 11.0. The van der Waals surface area contributed by atoms with Gasteiger partial charge < -0.3 is 10.4 Å². The molecular formula is C14H20N2O4. The second-order valence-corrected chi connectivity index (χ2v) is 5.87. The second-order valence-electron chi connectivity index (χ2n) is 5.87. The van der Waals surface area contributed by atoms with Crippen LogP contribution in [0, 0.1) is 22.5 Å². The summed E-state index contributed by atoms with van der Waals surface area (Å²) in [6.07, 6.45) is -0.0500. The minimum absolute atomic E-state index is 0.0259. The summed E-state index contributed by atoms with van der Waals surface area (Å²) in [5.41, 5.74) is 0.852. The molecule has 1 unspecified atom stereocenters. The lowest BCUT2D eigenvalue weighted by Crippen LogP contribution is -2.36. The Kier molecular flexibility index (Phi) is 4.70. The number of carboxylic acid groups (broad SMARTS) is 1. The first-order chi connectivity index (χ1) is 9.12. The number of anilines is 1. The fourth-order valence-corrected chi connectivity index (χ4v) is 1.91. The van der Waals surface area contributed by atoms with E-state index in [0.717, 1.165) is 0 Å². The lowest BCUT2D eigenvalue weighted by molar-refractivity contribution is -0.385. The normalized spacial score (nSPS) is 12.8. The Balaban J connectivity index is 3.09. The first-order valence-electron chi connectivity index (χ1n) is 6.35. The van der Waals surface area contributed by atoms with Crippen LogP contribution >= 0.6 is 0 Å². The van der Waals surface area contributed by atoms with Gasteiger partial charge in [0.25, 0.3) is 5.69 Å². The Morgan fingerprint density at radius 3 is 2.50 bits per heavy atom. The molecular weight excluding hydrogens is 260 g/mol. The Hall–Kier alpha value is -2.11. The van der Waals surface area contributed by atoms with E-state index < -0.39 is 10.9 Å². The fraction of sp³-hybridized carbons (Fsp3) is 0.500. The summed E-state index contributed by atoms with van der Waals surface area (Å²) in [7, 11) is 0. The molecule has 0 bridgehead atoms. The van der Waals surface area contributed by atoms with E-state index in [0.29, 0.717) is 11.3 Å². The summed E-state index contributed by atoms with van der Waals surface area (Å²) in [6.45, 7) is 7.45. The minimum atomic E-state index is -0.902. The van der Waals surface area contributed by atoms with Gasteiger partial charge in [-0.1, -0.05) is 26.8 Å². The quantitative estimate of drug-likeness (QED) is 0.638. The van der Waals surface area contributed by atoms with E-state index in [-0.39, 0.29) is 23.6 Å². The van der Waals surface area contributed by atoms with Crippen LogP contribution in [0.3, 0.4) is 0 Å². The monoisotopic (exact) mass is 280 g/mol. The van der Waals surface area contributed by atoms with Gasteiger partial charge in [-0.2, -0.15) is 0 Å². The third kappa shape index (κ3) is 3.94. The molecule has 0 aliphatic rings. The van der Waals surface area contributed by atoms with E-state index in [1.165, 1.54) is 6.07 Å². The molecule has 1 rings (SSSR count). The molecule has 0 amide bonds. The molecule has 0 aliphatic heterocycles. The second kappa shape index (κ2) is 5.90. The number of nitro benzene ring substituents is 1. The van der Waals surface area contributed by atoms with Crippen molar-refractivity contribution in [2.45, 2.75) is 40.2 Å². The first-order valence-corrected chi connectivity index (χ1v) is 6.35. The van der Waals surface area contributed by atoms with Crippen LogP contribution in [0.15, 0.2) is 18.2 Å². The lowest BCUT2D eigenvalue weighted by Gasteiger charge is -2.31. The van der Waals surface area contributed by atoms with Crippen LogP contribution < -0.4 is 5.32 Å². The number of nitrogens with one attached hydrogen (secondary N) is 1. The van der Waals surface area contributed by atoms with Crippen molar-refractivity contribution >= 4 is 17.3 Å². The Morgan fingerprint density at radius 2 is 2.05 bits per heavy atom. The van der Waals surface area contributed by atoms with Crippen LogP contribution in [-0.4, -0.2) is 22.0 Å². The van der Waals surface area contributed by atoms with Crippen molar-refractivity contribution in [1.82, 2.24) is 0 Å². The van der Waals surface area contributed by atoms with Gasteiger partial charge in [0.2, 0.25) is 0 Å². The van der Waals surface area contributed by atoms with E-state index in [2.05, 4.69) is 5.32 Å². The molecule has 20 heavy (non-hydrogen) atoms. The maximum absolute atomic E-state index is 11.0. The molecule has 0 saturated heterocycles. The van der Waals surface area contributed by atoms with Crippen molar-refractivity contribution in [2.75, 3.05) is 5.32 Å². The molecule has 6 heteroatoms. The number of hydrogen-bond donors (Lipinski definition) is 2. The largest absolute Gasteiger partial charge is 0.481 e. The average Bonchev–Trinajstić information content (AvgIpc) is 2.28. The summed E-state index contributed by atoms with van der Waals surface area (Å²) in [5, 5.41) is 23.0. The molecule has 0 heterocycles. The van der Waals surface area contributed by atoms with Gasteiger partial charge in [-0.25, -0.2) is 0 Å². The zero-order chi connectivity index (χ0) is 15.5. The highest BCUT2D eigenvalue weighted by Crippen LogP contribution is 2.30. The number of hydrogen-bond acceptors (Lipinski definition) is 4. The van der Waals surface area contributed by atoms with Gasteiger partial charge in [0, 0.05) is 23.4 Å². The van der Waals surface area contributed by atoms with Gasteiger partial charge in [0.1, 0.15) is 0 Å². The van der Waals surface area contributed by atoms with Crippen molar-refractivity contribution in [3.8, 4) is 0 Å². The van der Waals surface area contributed by atoms with Crippen molar-refractivity contribution < 1.29 is 14.8 Å². The standard InChI is InChI=1S/C14H20N2O4/c1-9-10(6-5-7-11(9)16(19)20)15-12(8-13(17)18)14(2,3)4/h5-7,12,15H,8H2,1-4H3,(H,17,18). The van der Waals surface area contributed by atoms with Gasteiger partial charge in [-0.3, -0.25) is 14.9 Å². The van der Waals surface area contributed by atoms with Crippen molar-refractivity contribution in [3.05, 3.63) is 33.9 Å². The summed E-state index contributed by atoms with van der Waals surface area (Å²) < 4.78 is 0. The number of benzene rings is 1. The third-order valence-electron chi connectivity index (χ3n) is 3.26. The Bertz CT molecular complexity index is 520. The highest BCUT2D eigenvalue weighted by atomic mass is 16.6. The van der Waals surface area contributed by atoms with Crippen LogP contribution in [0.1, 0.15) is 32.8 Å². The maximum Gasteiger partial charge on any atom is 0.305 e. The Labute approximate surface area is 118 Å². The van der Waals surface area contributed by atoms with E-state index >= 15 is 0 Å². The van der Waals surface area contributed by atoms with Gasteiger partial charge in [-0.05, 0) is 18.4 Å². The summed E-state index contributed by atoms with van der Waals surface area (Å²) in [6, 6.07) is 4.43. The first kappa shape index (κ1) is 15.9. The molecule has 0 radical (unpaired) electrons. The number of nitro groups is 1. The average molecular weight is 280 g/mol. The molecule has 1 aromatic carbocycles. The highest BCUT2D eigenvalue weighted by molar-refractivity contribution is 5.69. The number of carbonyl (C=O) groups is 1. The van der Waals surface area contributed by atoms with Crippen LogP contribution in [0.5, 0.6) is 0 Å². The number of carboxylic acids is 1. The smallest absolute Gasteiger partial charge is 0.305 e. The van der Waals surface area contributed by atoms with Crippen LogP contribution in [-0.2, 0) is 4.79 Å². The van der Waals surface area contributed by atoms with Crippen LogP contribution in [0.2, 0.25) is 0 Å². The van der Waals surface area contributed by atoms with Gasteiger partial charge >= 0.3 is 5.97 Å². The molecule has 1 aromatic rings. The summed E-state index contributed by atoms with van der Waals surface area (Å²) in [4.78, 5) is 21.4. The highest BCUT2D eigenvalue weighted by Gasteiger charge is 2.28. The van der Waals surface area contributed by atoms with Crippen molar-refractivity contribution in [1.29, 1.82) is 0 Å². The number of nitrogens with zero attached hydrogens (tertiary/aromatic N) is 1. The summed E-state index contributed by atoms with van der Waals surface area (Å²) in [5.74, 6) is -0.902. The molecule has 2 N–H and O–H groups in total. The topological polar surface area (TPSA) is 92.5 Å². The Morgan fingerprint density at radius 1 is 1.45 bits per heavy atom. The molecule has 0 aliphatic carbocycles. The van der Waals surface area contributed by atoms with Crippen LogP contribution in [0.4, 0.5) is 11.4 Å². The predicted molar refractivity (Wildman–Crippen MR) is 77.0 cm³/mol. The van der Waals surface area contributed by atoms with E-state index in [9.17, 15) is 14.9 Å². The fourth-order valence-electron chi connectivity index (χ4n) is 1.91. The number of rotatable bonds is 5. The zero-order valence-corrected chi connectivity index (χ0v) is 12.1.